The monoisotopic (exact) mass is 243 g/mol. The van der Waals surface area contributed by atoms with Crippen LogP contribution in [0.2, 0.25) is 0 Å². The lowest BCUT2D eigenvalue weighted by atomic mass is 10.1. The summed E-state index contributed by atoms with van der Waals surface area (Å²) in [5, 5.41) is 7.89. The van der Waals surface area contributed by atoms with Crippen molar-refractivity contribution in [3.05, 3.63) is 40.7 Å². The van der Waals surface area contributed by atoms with E-state index in [0.717, 1.165) is 29.7 Å². The smallest absolute Gasteiger partial charge is 0.250 e. The molecular formula is C14H17N3O. The van der Waals surface area contributed by atoms with Gasteiger partial charge in [0.1, 0.15) is 0 Å². The maximum Gasteiger partial charge on any atom is 0.250 e. The Morgan fingerprint density at radius 1 is 1.33 bits per heavy atom. The lowest BCUT2D eigenvalue weighted by Gasteiger charge is -2.14. The Balaban J connectivity index is 1.88. The van der Waals surface area contributed by atoms with E-state index in [2.05, 4.69) is 15.6 Å². The molecular weight excluding hydrogens is 226 g/mol. The predicted molar refractivity (Wildman–Crippen MR) is 74.1 cm³/mol. The van der Waals surface area contributed by atoms with Gasteiger partial charge in [0.2, 0.25) is 5.56 Å². The minimum atomic E-state index is -0.0596. The number of rotatable bonds is 3. The van der Waals surface area contributed by atoms with Gasteiger partial charge >= 0.3 is 0 Å². The predicted octanol–water partition coefficient (Wildman–Crippen LogP) is 1.69. The summed E-state index contributed by atoms with van der Waals surface area (Å²) in [5.74, 6) is 0. The molecule has 4 heteroatoms. The summed E-state index contributed by atoms with van der Waals surface area (Å²) < 4.78 is 0. The third-order valence-electron chi connectivity index (χ3n) is 3.45. The van der Waals surface area contributed by atoms with Crippen molar-refractivity contribution in [1.29, 1.82) is 0 Å². The molecule has 3 rings (SSSR count). The summed E-state index contributed by atoms with van der Waals surface area (Å²) in [6.45, 7) is 1.97. The van der Waals surface area contributed by atoms with Crippen LogP contribution in [0.5, 0.6) is 0 Å². The van der Waals surface area contributed by atoms with E-state index in [4.69, 9.17) is 0 Å². The number of fused-ring (bicyclic) bond motifs is 1. The van der Waals surface area contributed by atoms with Crippen molar-refractivity contribution < 1.29 is 0 Å². The van der Waals surface area contributed by atoms with Gasteiger partial charge in [0.25, 0.3) is 0 Å². The fraction of sp³-hybridized carbons (Fsp3) is 0.357. The van der Waals surface area contributed by atoms with Crippen LogP contribution in [0.1, 0.15) is 12.8 Å². The standard InChI is InChI=1S/C14H17N3O/c18-14-8-13(16-9-10-4-3-7-15-10)11-5-1-2-6-12(11)17-14/h1-2,5-6,8,10,15H,3-4,7,9H2,(H2,16,17,18)/t10-/m1/s1. The quantitative estimate of drug-likeness (QED) is 0.769. The van der Waals surface area contributed by atoms with Crippen LogP contribution in [-0.4, -0.2) is 24.1 Å². The topological polar surface area (TPSA) is 56.9 Å². The van der Waals surface area contributed by atoms with Gasteiger partial charge < -0.3 is 15.6 Å². The zero-order valence-electron chi connectivity index (χ0n) is 10.2. The van der Waals surface area contributed by atoms with Crippen LogP contribution >= 0.6 is 0 Å². The number of para-hydroxylation sites is 1. The second kappa shape index (κ2) is 4.82. The van der Waals surface area contributed by atoms with Crippen molar-refractivity contribution in [2.75, 3.05) is 18.4 Å². The lowest BCUT2D eigenvalue weighted by molar-refractivity contribution is 0.634. The van der Waals surface area contributed by atoms with E-state index in [1.807, 2.05) is 24.3 Å². The maximum absolute atomic E-state index is 11.6. The highest BCUT2D eigenvalue weighted by Gasteiger charge is 2.13. The second-order valence-electron chi connectivity index (χ2n) is 4.77. The number of nitrogens with one attached hydrogen (secondary N) is 3. The van der Waals surface area contributed by atoms with E-state index < -0.39 is 0 Å². The van der Waals surface area contributed by atoms with E-state index in [-0.39, 0.29) is 5.56 Å². The molecule has 1 atom stereocenters. The number of H-pyrrole nitrogens is 1. The van der Waals surface area contributed by atoms with Crippen LogP contribution in [0.15, 0.2) is 35.1 Å². The molecule has 1 aliphatic heterocycles. The zero-order valence-corrected chi connectivity index (χ0v) is 10.2. The van der Waals surface area contributed by atoms with Crippen molar-refractivity contribution in [1.82, 2.24) is 10.3 Å². The molecule has 1 aromatic carbocycles. The van der Waals surface area contributed by atoms with Gasteiger partial charge in [-0.2, -0.15) is 0 Å². The van der Waals surface area contributed by atoms with Gasteiger partial charge in [-0.1, -0.05) is 18.2 Å². The van der Waals surface area contributed by atoms with Crippen LogP contribution in [-0.2, 0) is 0 Å². The summed E-state index contributed by atoms with van der Waals surface area (Å²) in [6.07, 6.45) is 2.44. The van der Waals surface area contributed by atoms with Gasteiger partial charge in [0.05, 0.1) is 5.52 Å². The molecule has 0 spiro atoms. The summed E-state index contributed by atoms with van der Waals surface area (Å²) in [7, 11) is 0. The molecule has 2 aromatic rings. The van der Waals surface area contributed by atoms with Crippen molar-refractivity contribution in [2.45, 2.75) is 18.9 Å². The van der Waals surface area contributed by atoms with Crippen LogP contribution < -0.4 is 16.2 Å². The molecule has 0 unspecified atom stereocenters. The first kappa shape index (κ1) is 11.3. The number of benzene rings is 1. The molecule has 94 valence electrons. The minimum absolute atomic E-state index is 0.0596. The highest BCUT2D eigenvalue weighted by molar-refractivity contribution is 5.90. The van der Waals surface area contributed by atoms with Crippen molar-refractivity contribution >= 4 is 16.6 Å². The van der Waals surface area contributed by atoms with E-state index in [1.165, 1.54) is 12.8 Å². The third-order valence-corrected chi connectivity index (χ3v) is 3.45. The molecule has 1 saturated heterocycles. The van der Waals surface area contributed by atoms with Gasteiger partial charge in [-0.3, -0.25) is 4.79 Å². The van der Waals surface area contributed by atoms with Crippen molar-refractivity contribution in [3.8, 4) is 0 Å². The van der Waals surface area contributed by atoms with Crippen molar-refractivity contribution in [3.63, 3.8) is 0 Å². The number of anilines is 1. The summed E-state index contributed by atoms with van der Waals surface area (Å²) >= 11 is 0. The Morgan fingerprint density at radius 3 is 3.06 bits per heavy atom. The fourth-order valence-electron chi connectivity index (χ4n) is 2.51. The molecule has 2 heterocycles. The van der Waals surface area contributed by atoms with E-state index in [1.54, 1.807) is 6.07 Å². The highest BCUT2D eigenvalue weighted by atomic mass is 16.1. The van der Waals surface area contributed by atoms with Crippen LogP contribution in [0.4, 0.5) is 5.69 Å². The Hall–Kier alpha value is -1.81. The SMILES string of the molecule is O=c1cc(NC[C@H]2CCCN2)c2ccccc2[nH]1. The Kier molecular flexibility index (Phi) is 3.02. The first-order valence-electron chi connectivity index (χ1n) is 6.42. The van der Waals surface area contributed by atoms with Gasteiger partial charge in [0, 0.05) is 29.7 Å². The minimum Gasteiger partial charge on any atom is -0.383 e. The first-order valence-corrected chi connectivity index (χ1v) is 6.42. The number of aromatic amines is 1. The van der Waals surface area contributed by atoms with Gasteiger partial charge in [-0.15, -0.1) is 0 Å². The van der Waals surface area contributed by atoms with Gasteiger partial charge in [-0.05, 0) is 25.5 Å². The second-order valence-corrected chi connectivity index (χ2v) is 4.77. The van der Waals surface area contributed by atoms with Crippen LogP contribution in [0.3, 0.4) is 0 Å². The Bertz CT molecular complexity index is 599. The van der Waals surface area contributed by atoms with Crippen LogP contribution in [0.25, 0.3) is 10.9 Å². The van der Waals surface area contributed by atoms with E-state index in [0.29, 0.717) is 6.04 Å². The van der Waals surface area contributed by atoms with E-state index in [9.17, 15) is 4.79 Å². The van der Waals surface area contributed by atoms with Crippen LogP contribution in [0, 0.1) is 0 Å². The summed E-state index contributed by atoms with van der Waals surface area (Å²) in [6, 6.07) is 10.0. The third kappa shape index (κ3) is 2.24. The largest absolute Gasteiger partial charge is 0.383 e. The number of hydrogen-bond acceptors (Lipinski definition) is 3. The van der Waals surface area contributed by atoms with Gasteiger partial charge in [0.15, 0.2) is 0 Å². The molecule has 4 nitrogen and oxygen atoms in total. The Morgan fingerprint density at radius 2 is 2.22 bits per heavy atom. The highest BCUT2D eigenvalue weighted by Crippen LogP contribution is 2.19. The maximum atomic E-state index is 11.6. The lowest BCUT2D eigenvalue weighted by Crippen LogP contribution is -2.29. The molecule has 0 aliphatic carbocycles. The molecule has 3 N–H and O–H groups in total. The summed E-state index contributed by atoms with van der Waals surface area (Å²) in [5.41, 5.74) is 1.74. The molecule has 0 bridgehead atoms. The number of aromatic nitrogens is 1. The number of pyridine rings is 1. The molecule has 1 fully saturated rings. The molecule has 1 aromatic heterocycles. The van der Waals surface area contributed by atoms with E-state index >= 15 is 0 Å². The zero-order chi connectivity index (χ0) is 12.4. The number of hydrogen-bond donors (Lipinski definition) is 3. The average Bonchev–Trinajstić information content (AvgIpc) is 2.89. The normalized spacial score (nSPS) is 19.2. The molecule has 0 amide bonds. The average molecular weight is 243 g/mol. The molecule has 1 aliphatic rings. The molecule has 0 radical (unpaired) electrons. The first-order chi connectivity index (χ1) is 8.83. The molecule has 18 heavy (non-hydrogen) atoms. The van der Waals surface area contributed by atoms with Gasteiger partial charge in [-0.25, -0.2) is 0 Å². The van der Waals surface area contributed by atoms with Crippen molar-refractivity contribution in [2.24, 2.45) is 0 Å². The Labute approximate surface area is 105 Å². The summed E-state index contributed by atoms with van der Waals surface area (Å²) in [4.78, 5) is 14.4. The fourth-order valence-corrected chi connectivity index (χ4v) is 2.51. The molecule has 0 saturated carbocycles.